The van der Waals surface area contributed by atoms with Gasteiger partial charge in [-0.1, -0.05) is 54.6 Å². The van der Waals surface area contributed by atoms with Crippen molar-refractivity contribution in [3.8, 4) is 0 Å². The van der Waals surface area contributed by atoms with E-state index in [1.54, 1.807) is 24.3 Å². The van der Waals surface area contributed by atoms with Gasteiger partial charge in [-0.3, -0.25) is 0 Å². The van der Waals surface area contributed by atoms with Crippen molar-refractivity contribution in [1.82, 2.24) is 4.31 Å². The zero-order valence-corrected chi connectivity index (χ0v) is 13.7. The maximum atomic E-state index is 13.0. The van der Waals surface area contributed by atoms with E-state index in [9.17, 15) is 18.3 Å². The van der Waals surface area contributed by atoms with Gasteiger partial charge in [-0.05, 0) is 24.1 Å². The van der Waals surface area contributed by atoms with Crippen molar-refractivity contribution in [1.29, 1.82) is 0 Å². The minimum atomic E-state index is -3.80. The molecule has 5 nitrogen and oxygen atoms in total. The lowest BCUT2D eigenvalue weighted by Gasteiger charge is -2.34. The Morgan fingerprint density at radius 3 is 2.17 bits per heavy atom. The summed E-state index contributed by atoms with van der Waals surface area (Å²) in [5.74, 6) is -1.09. The van der Waals surface area contributed by atoms with E-state index < -0.39 is 22.0 Å². The van der Waals surface area contributed by atoms with Crippen LogP contribution in [0.5, 0.6) is 0 Å². The van der Waals surface area contributed by atoms with E-state index in [1.807, 2.05) is 30.3 Å². The van der Waals surface area contributed by atoms with Crippen molar-refractivity contribution in [3.05, 3.63) is 77.9 Å². The Morgan fingerprint density at radius 1 is 1.00 bits per heavy atom. The zero-order chi connectivity index (χ0) is 17.2. The van der Waals surface area contributed by atoms with E-state index in [0.717, 1.165) is 5.56 Å². The lowest BCUT2D eigenvalue weighted by atomic mass is 9.98. The number of aliphatic carboxylic acids is 1. The van der Waals surface area contributed by atoms with Crippen LogP contribution >= 0.6 is 0 Å². The third-order valence-corrected chi connectivity index (χ3v) is 5.94. The van der Waals surface area contributed by atoms with Gasteiger partial charge < -0.3 is 5.11 Å². The van der Waals surface area contributed by atoms with Crippen LogP contribution in [0.25, 0.3) is 0 Å². The minimum absolute atomic E-state index is 0.0988. The monoisotopic (exact) mass is 343 g/mol. The van der Waals surface area contributed by atoms with E-state index in [2.05, 4.69) is 0 Å². The fourth-order valence-electron chi connectivity index (χ4n) is 2.83. The number of carboxylic acid groups (broad SMARTS) is 1. The van der Waals surface area contributed by atoms with Crippen LogP contribution in [0.4, 0.5) is 0 Å². The predicted molar refractivity (Wildman–Crippen MR) is 89.9 cm³/mol. The van der Waals surface area contributed by atoms with Crippen LogP contribution in [-0.4, -0.2) is 30.3 Å². The Labute approximate surface area is 140 Å². The van der Waals surface area contributed by atoms with E-state index in [1.165, 1.54) is 16.4 Å². The first-order valence-corrected chi connectivity index (χ1v) is 8.98. The van der Waals surface area contributed by atoms with Gasteiger partial charge in [0.05, 0.1) is 10.9 Å². The van der Waals surface area contributed by atoms with Gasteiger partial charge in [0.1, 0.15) is 0 Å². The number of carbonyl (C=O) groups is 1. The molecule has 1 aliphatic heterocycles. The standard InChI is InChI=1S/C18H17NO4S/c20-18(21)15-11-12-17(14-7-3-1-4-8-14)19(13-15)24(22,23)16-9-5-2-6-10-16/h1-11,17H,12-13H2,(H,20,21)/t17-/m1/s1. The molecule has 1 N–H and O–H groups in total. The van der Waals surface area contributed by atoms with Gasteiger partial charge in [-0.25, -0.2) is 13.2 Å². The molecule has 1 aliphatic rings. The van der Waals surface area contributed by atoms with Crippen molar-refractivity contribution in [2.45, 2.75) is 17.4 Å². The third kappa shape index (κ3) is 3.11. The van der Waals surface area contributed by atoms with Gasteiger partial charge in [0, 0.05) is 12.1 Å². The maximum Gasteiger partial charge on any atom is 0.332 e. The summed E-state index contributed by atoms with van der Waals surface area (Å²) in [6.07, 6.45) is 1.94. The fraction of sp³-hybridized carbons (Fsp3) is 0.167. The van der Waals surface area contributed by atoms with Crippen molar-refractivity contribution >= 4 is 16.0 Å². The molecule has 24 heavy (non-hydrogen) atoms. The molecule has 3 rings (SSSR count). The highest BCUT2D eigenvalue weighted by Gasteiger charge is 2.36. The molecule has 2 aromatic carbocycles. The SMILES string of the molecule is O=C(O)C1=CC[C@H](c2ccccc2)N(S(=O)(=O)c2ccccc2)C1. The highest BCUT2D eigenvalue weighted by atomic mass is 32.2. The molecule has 2 aromatic rings. The number of rotatable bonds is 4. The molecule has 6 heteroatoms. The third-order valence-electron chi connectivity index (χ3n) is 4.07. The number of benzene rings is 2. The number of carboxylic acids is 1. The van der Waals surface area contributed by atoms with Crippen LogP contribution in [0.3, 0.4) is 0 Å². The zero-order valence-electron chi connectivity index (χ0n) is 12.9. The van der Waals surface area contributed by atoms with Gasteiger partial charge >= 0.3 is 5.97 Å². The quantitative estimate of drug-likeness (QED) is 0.926. The fourth-order valence-corrected chi connectivity index (χ4v) is 4.45. The van der Waals surface area contributed by atoms with Crippen LogP contribution in [0.2, 0.25) is 0 Å². The molecule has 0 amide bonds. The minimum Gasteiger partial charge on any atom is -0.478 e. The molecule has 0 spiro atoms. The summed E-state index contributed by atoms with van der Waals surface area (Å²) in [6, 6.07) is 17.0. The molecule has 0 aliphatic carbocycles. The second-order valence-electron chi connectivity index (χ2n) is 5.56. The summed E-state index contributed by atoms with van der Waals surface area (Å²) >= 11 is 0. The molecule has 0 saturated carbocycles. The molecular formula is C18H17NO4S. The second kappa shape index (κ2) is 6.59. The lowest BCUT2D eigenvalue weighted by molar-refractivity contribution is -0.133. The molecule has 0 unspecified atom stereocenters. The van der Waals surface area contributed by atoms with Gasteiger partial charge in [0.25, 0.3) is 0 Å². The van der Waals surface area contributed by atoms with E-state index in [0.29, 0.717) is 6.42 Å². The van der Waals surface area contributed by atoms with Crippen LogP contribution < -0.4 is 0 Å². The average molecular weight is 343 g/mol. The smallest absolute Gasteiger partial charge is 0.332 e. The number of sulfonamides is 1. The molecule has 1 heterocycles. The van der Waals surface area contributed by atoms with Crippen LogP contribution in [-0.2, 0) is 14.8 Å². The van der Waals surface area contributed by atoms with Gasteiger partial charge in [-0.15, -0.1) is 0 Å². The second-order valence-corrected chi connectivity index (χ2v) is 7.45. The molecular weight excluding hydrogens is 326 g/mol. The predicted octanol–water partition coefficient (Wildman–Crippen LogP) is 2.83. The Hall–Kier alpha value is -2.44. The maximum absolute atomic E-state index is 13.0. The first kappa shape index (κ1) is 16.4. The summed E-state index contributed by atoms with van der Waals surface area (Å²) < 4.78 is 27.4. The topological polar surface area (TPSA) is 74.7 Å². The molecule has 0 radical (unpaired) electrons. The molecule has 124 valence electrons. The molecule has 0 fully saturated rings. The summed E-state index contributed by atoms with van der Waals surface area (Å²) in [5, 5.41) is 9.26. The highest BCUT2D eigenvalue weighted by Crippen LogP contribution is 2.34. The van der Waals surface area contributed by atoms with Crippen LogP contribution in [0.1, 0.15) is 18.0 Å². The van der Waals surface area contributed by atoms with Crippen LogP contribution in [0, 0.1) is 0 Å². The highest BCUT2D eigenvalue weighted by molar-refractivity contribution is 7.89. The summed E-state index contributed by atoms with van der Waals surface area (Å²) in [4.78, 5) is 11.5. The number of hydrogen-bond acceptors (Lipinski definition) is 3. The normalized spacial score (nSPS) is 18.8. The van der Waals surface area contributed by atoms with E-state index in [4.69, 9.17) is 0 Å². The lowest BCUT2D eigenvalue weighted by Crippen LogP contribution is -2.39. The Kier molecular flexibility index (Phi) is 4.51. The number of nitrogens with zero attached hydrogens (tertiary/aromatic N) is 1. The van der Waals surface area contributed by atoms with Crippen molar-refractivity contribution < 1.29 is 18.3 Å². The Balaban J connectivity index is 2.06. The first-order chi connectivity index (χ1) is 11.5. The largest absolute Gasteiger partial charge is 0.478 e. The van der Waals surface area contributed by atoms with Gasteiger partial charge in [-0.2, -0.15) is 4.31 Å². The van der Waals surface area contributed by atoms with E-state index in [-0.39, 0.29) is 17.0 Å². The van der Waals surface area contributed by atoms with Crippen molar-refractivity contribution in [2.75, 3.05) is 6.54 Å². The first-order valence-electron chi connectivity index (χ1n) is 7.54. The average Bonchev–Trinajstić information content (AvgIpc) is 2.62. The summed E-state index contributed by atoms with van der Waals surface area (Å²) in [6.45, 7) is -0.147. The summed E-state index contributed by atoms with van der Waals surface area (Å²) in [5.41, 5.74) is 0.944. The summed E-state index contributed by atoms with van der Waals surface area (Å²) in [7, 11) is -3.80. The molecule has 0 aromatic heterocycles. The Morgan fingerprint density at radius 2 is 1.58 bits per heavy atom. The molecule has 0 bridgehead atoms. The van der Waals surface area contributed by atoms with Gasteiger partial charge in [0.2, 0.25) is 10.0 Å². The van der Waals surface area contributed by atoms with Crippen LogP contribution in [0.15, 0.2) is 77.2 Å². The molecule has 0 saturated heterocycles. The van der Waals surface area contributed by atoms with E-state index >= 15 is 0 Å². The van der Waals surface area contributed by atoms with Gasteiger partial charge in [0.15, 0.2) is 0 Å². The van der Waals surface area contributed by atoms with Crippen molar-refractivity contribution in [2.24, 2.45) is 0 Å². The molecule has 1 atom stereocenters. The number of hydrogen-bond donors (Lipinski definition) is 1. The van der Waals surface area contributed by atoms with Crippen molar-refractivity contribution in [3.63, 3.8) is 0 Å². The Bertz CT molecular complexity index is 860.